The van der Waals surface area contributed by atoms with Gasteiger partial charge >= 0.3 is 11.9 Å². The first kappa shape index (κ1) is 45.0. The van der Waals surface area contributed by atoms with E-state index in [1.54, 1.807) is 12.1 Å². The molecule has 6 N–H and O–H groups in total. The van der Waals surface area contributed by atoms with Gasteiger partial charge in [-0.25, -0.2) is 36.7 Å². The van der Waals surface area contributed by atoms with Crippen LogP contribution >= 0.6 is 31.9 Å². The third-order valence-electron chi connectivity index (χ3n) is 8.86. The van der Waals surface area contributed by atoms with E-state index in [9.17, 15) is 26.4 Å². The second-order valence-corrected chi connectivity index (χ2v) is 18.1. The van der Waals surface area contributed by atoms with Gasteiger partial charge in [-0.3, -0.25) is 0 Å². The molecule has 0 fully saturated rings. The molecule has 4 aromatic carbocycles. The van der Waals surface area contributed by atoms with Crippen LogP contribution in [0, 0.1) is 0 Å². The molecule has 56 heavy (non-hydrogen) atoms. The summed E-state index contributed by atoms with van der Waals surface area (Å²) in [7, 11) is -8.23. The lowest BCUT2D eigenvalue weighted by molar-refractivity contribution is -0.146. The highest BCUT2D eigenvalue weighted by Gasteiger charge is 2.23. The molecule has 16 heteroatoms. The molecule has 0 saturated heterocycles. The molecule has 4 aromatic rings. The normalized spacial score (nSPS) is 14.2. The Labute approximate surface area is 345 Å². The van der Waals surface area contributed by atoms with E-state index in [-0.39, 0.29) is 43.9 Å². The average molecular weight is 935 g/mol. The Morgan fingerprint density at radius 2 is 0.982 bits per heavy atom. The number of nitrogens with two attached hydrogens (primary N) is 2. The highest BCUT2D eigenvalue weighted by Crippen LogP contribution is 2.29. The fourth-order valence-corrected chi connectivity index (χ4v) is 8.83. The minimum absolute atomic E-state index is 0.00456. The Bertz CT molecular complexity index is 2040. The number of rotatable bonds is 20. The fraction of sp³-hybridized carbons (Fsp3) is 0.300. The van der Waals surface area contributed by atoms with Crippen molar-refractivity contribution in [2.45, 2.75) is 73.6 Å². The van der Waals surface area contributed by atoms with Gasteiger partial charge in [-0.1, -0.05) is 72.8 Å². The number of benzene rings is 4. The van der Waals surface area contributed by atoms with Crippen molar-refractivity contribution in [1.82, 2.24) is 10.6 Å². The zero-order valence-electron chi connectivity index (χ0n) is 30.9. The summed E-state index contributed by atoms with van der Waals surface area (Å²) in [5, 5.41) is 17.6. The van der Waals surface area contributed by atoms with Crippen molar-refractivity contribution in [3.63, 3.8) is 0 Å². The van der Waals surface area contributed by atoms with Crippen LogP contribution in [0.2, 0.25) is 0 Å². The molecular weight excluding hydrogens is 888 g/mol. The van der Waals surface area contributed by atoms with Gasteiger partial charge in [-0.05, 0) is 118 Å². The van der Waals surface area contributed by atoms with Crippen LogP contribution in [0.5, 0.6) is 0 Å². The van der Waals surface area contributed by atoms with Gasteiger partial charge in [0.2, 0.25) is 20.0 Å². The van der Waals surface area contributed by atoms with Gasteiger partial charge in [0, 0.05) is 46.3 Å². The number of ether oxygens (including phenoxy) is 2. The number of carbonyl (C=O) groups is 2. The lowest BCUT2D eigenvalue weighted by Crippen LogP contribution is -2.33. The number of halogens is 2. The third kappa shape index (κ3) is 14.6. The molecule has 12 nitrogen and oxygen atoms in total. The van der Waals surface area contributed by atoms with Crippen LogP contribution in [0.4, 0.5) is 0 Å². The Balaban J connectivity index is 1.48. The molecular formula is C40H46Br2N4O8S2. The van der Waals surface area contributed by atoms with Crippen molar-refractivity contribution >= 4 is 63.8 Å². The maximum absolute atomic E-state index is 13.2. The summed E-state index contributed by atoms with van der Waals surface area (Å²) in [4.78, 5) is 26.0. The summed E-state index contributed by atoms with van der Waals surface area (Å²) in [6.07, 6.45) is 3.07. The van der Waals surface area contributed by atoms with E-state index in [1.165, 1.54) is 35.4 Å². The van der Waals surface area contributed by atoms with Crippen molar-refractivity contribution in [3.8, 4) is 0 Å². The van der Waals surface area contributed by atoms with Crippen LogP contribution in [-0.2, 0) is 52.0 Å². The second-order valence-electron chi connectivity index (χ2n) is 13.3. The van der Waals surface area contributed by atoms with E-state index in [1.807, 2.05) is 74.5 Å². The first-order chi connectivity index (χ1) is 26.5. The van der Waals surface area contributed by atoms with Crippen LogP contribution in [0.3, 0.4) is 0 Å². The van der Waals surface area contributed by atoms with E-state index in [0.29, 0.717) is 11.1 Å². The molecule has 300 valence electrons. The summed E-state index contributed by atoms with van der Waals surface area (Å²) < 4.78 is 61.1. The Hall–Kier alpha value is -3.74. The molecule has 0 aliphatic heterocycles. The molecule has 0 aliphatic rings. The summed E-state index contributed by atoms with van der Waals surface area (Å²) >= 11 is 6.43. The van der Waals surface area contributed by atoms with Crippen LogP contribution in [0.15, 0.2) is 128 Å². The first-order valence-electron chi connectivity index (χ1n) is 17.8. The van der Waals surface area contributed by atoms with E-state index >= 15 is 0 Å². The van der Waals surface area contributed by atoms with Gasteiger partial charge in [0.15, 0.2) is 0 Å². The van der Waals surface area contributed by atoms with Crippen LogP contribution in [0.25, 0.3) is 0 Å². The molecule has 0 saturated carbocycles. The topological polar surface area (TPSA) is 197 Å². The smallest absolute Gasteiger partial charge is 0.331 e. The second kappa shape index (κ2) is 21.1. The van der Waals surface area contributed by atoms with Gasteiger partial charge in [0.05, 0.1) is 9.79 Å². The molecule has 0 aliphatic carbocycles. The summed E-state index contributed by atoms with van der Waals surface area (Å²) in [5.74, 6) is -1.79. The zero-order chi connectivity index (χ0) is 40.9. The number of hydrogen-bond acceptors (Lipinski definition) is 10. The minimum Gasteiger partial charge on any atom is -0.453 e. The van der Waals surface area contributed by atoms with E-state index < -0.39 is 44.2 Å². The number of sulfonamides is 2. The zero-order valence-corrected chi connectivity index (χ0v) is 35.7. The van der Waals surface area contributed by atoms with Crippen molar-refractivity contribution in [3.05, 3.63) is 140 Å². The molecule has 0 aromatic heterocycles. The van der Waals surface area contributed by atoms with Gasteiger partial charge < -0.3 is 20.1 Å². The molecule has 0 heterocycles. The van der Waals surface area contributed by atoms with Crippen molar-refractivity contribution in [1.29, 1.82) is 0 Å². The van der Waals surface area contributed by atoms with Crippen molar-refractivity contribution in [2.24, 2.45) is 10.3 Å². The van der Waals surface area contributed by atoms with Crippen LogP contribution < -0.4 is 20.9 Å². The number of hydrogen-bond donors (Lipinski definition) is 4. The average Bonchev–Trinajstić information content (AvgIpc) is 3.16. The van der Waals surface area contributed by atoms with Crippen LogP contribution in [0.1, 0.15) is 61.2 Å². The van der Waals surface area contributed by atoms with E-state index in [4.69, 9.17) is 19.8 Å². The number of primary sulfonamides is 2. The van der Waals surface area contributed by atoms with Crippen LogP contribution in [-0.4, -0.2) is 53.9 Å². The van der Waals surface area contributed by atoms with Crippen molar-refractivity contribution < 1.29 is 35.9 Å². The maximum atomic E-state index is 13.2. The van der Waals surface area contributed by atoms with E-state index in [2.05, 4.69) is 42.5 Å². The quantitative estimate of drug-likeness (QED) is 0.0589. The monoisotopic (exact) mass is 932 g/mol. The van der Waals surface area contributed by atoms with Gasteiger partial charge in [-0.15, -0.1) is 0 Å². The third-order valence-corrected chi connectivity index (χ3v) is 12.7. The lowest BCUT2D eigenvalue weighted by Gasteiger charge is -2.22. The van der Waals surface area contributed by atoms with E-state index in [0.717, 1.165) is 37.8 Å². The molecule has 0 radical (unpaired) electrons. The minimum atomic E-state index is -4.12. The molecule has 0 bridgehead atoms. The predicted molar refractivity (Wildman–Crippen MR) is 222 cm³/mol. The molecule has 0 spiro atoms. The number of carbonyl (C=O) groups excluding carboxylic acids is 2. The highest BCUT2D eigenvalue weighted by molar-refractivity contribution is 9.10. The SMILES string of the molecule is CC(CCc1ccccc1)NCC(OC(=O)/C=C/C(=O)OC(CNC(C)CCc1ccccc1)c1ccc(Br)c(S(N)(=O)=O)c1)c1ccc(Br)c(S(N)(=O)=O)c1. The lowest BCUT2D eigenvalue weighted by atomic mass is 10.1. The van der Waals surface area contributed by atoms with Gasteiger partial charge in [-0.2, -0.15) is 0 Å². The number of aryl methyl sites for hydroxylation is 2. The largest absolute Gasteiger partial charge is 0.453 e. The van der Waals surface area contributed by atoms with Gasteiger partial charge in [0.1, 0.15) is 12.2 Å². The Morgan fingerprint density at radius 3 is 1.32 bits per heavy atom. The maximum Gasteiger partial charge on any atom is 0.331 e. The molecule has 4 rings (SSSR count). The summed E-state index contributed by atoms with van der Waals surface area (Å²) in [6.45, 7) is 4.22. The Morgan fingerprint density at radius 1 is 0.625 bits per heavy atom. The standard InChI is InChI=1S/C40H46Br2N4O8S2/c1-27(13-15-29-9-5-3-6-10-29)45-25-35(31-17-19-33(41)37(23-31)55(43,49)50)53-39(47)21-22-40(48)54-36(32-18-20-34(42)38(24-32)56(44,51)52)26-46-28(2)14-16-30-11-7-4-8-12-30/h3-12,17-24,27-28,35-36,45-46H,13-16,25-26H2,1-2H3,(H2,43,49,50)(H2,44,51,52)/b22-21+. The predicted octanol–water partition coefficient (Wildman–Crippen LogP) is 6.15. The fourth-order valence-electron chi connectivity index (χ4n) is 5.70. The highest BCUT2D eigenvalue weighted by atomic mass is 79.9. The summed E-state index contributed by atoms with van der Waals surface area (Å²) in [5.41, 5.74) is 3.07. The summed E-state index contributed by atoms with van der Waals surface area (Å²) in [6, 6.07) is 28.8. The molecule has 4 unspecified atom stereocenters. The number of esters is 2. The Kier molecular flexibility index (Phi) is 17.0. The number of nitrogens with one attached hydrogen (secondary N) is 2. The van der Waals surface area contributed by atoms with Crippen molar-refractivity contribution in [2.75, 3.05) is 13.1 Å². The first-order valence-corrected chi connectivity index (χ1v) is 22.5. The molecule has 4 atom stereocenters. The van der Waals surface area contributed by atoms with Gasteiger partial charge in [0.25, 0.3) is 0 Å². The molecule has 0 amide bonds.